The molecule has 0 fully saturated rings. The molecule has 0 bridgehead atoms. The molecule has 0 aliphatic rings. The van der Waals surface area contributed by atoms with Gasteiger partial charge in [-0.3, -0.25) is 0 Å². The molecule has 1 atom stereocenters. The Hall–Kier alpha value is -0.0900. The number of aliphatic hydroxyl groups is 2. The van der Waals surface area contributed by atoms with Crippen molar-refractivity contribution in [2.45, 2.75) is 12.5 Å². The van der Waals surface area contributed by atoms with Crippen molar-refractivity contribution in [2.75, 3.05) is 6.61 Å². The summed E-state index contributed by atoms with van der Waals surface area (Å²) in [6, 6.07) is 5.22. The summed E-state index contributed by atoms with van der Waals surface area (Å²) in [7, 11) is 0. The lowest BCUT2D eigenvalue weighted by molar-refractivity contribution is 0.134. The fraction of sp³-hybridized carbons (Fsp3) is 0.333. The van der Waals surface area contributed by atoms with Gasteiger partial charge in [0.05, 0.1) is 6.10 Å². The molecule has 2 nitrogen and oxygen atoms in total. The minimum absolute atomic E-state index is 0.0364. The Morgan fingerprint density at radius 2 is 2.08 bits per heavy atom. The number of halogens is 2. The van der Waals surface area contributed by atoms with E-state index in [2.05, 4.69) is 15.9 Å². The number of rotatable bonds is 3. The predicted molar refractivity (Wildman–Crippen MR) is 55.8 cm³/mol. The largest absolute Gasteiger partial charge is 0.396 e. The molecule has 13 heavy (non-hydrogen) atoms. The molecular weight excluding hydrogens is 255 g/mol. The van der Waals surface area contributed by atoms with Gasteiger partial charge in [-0.15, -0.1) is 0 Å². The van der Waals surface area contributed by atoms with Gasteiger partial charge in [0.25, 0.3) is 0 Å². The molecule has 0 saturated heterocycles. The van der Waals surface area contributed by atoms with Crippen LogP contribution in [0, 0.1) is 0 Å². The number of benzene rings is 1. The molecule has 2 N–H and O–H groups in total. The number of aliphatic hydroxyl groups excluding tert-OH is 2. The van der Waals surface area contributed by atoms with E-state index in [-0.39, 0.29) is 6.61 Å². The smallest absolute Gasteiger partial charge is 0.0812 e. The quantitative estimate of drug-likeness (QED) is 0.882. The van der Waals surface area contributed by atoms with Crippen LogP contribution in [0.25, 0.3) is 0 Å². The third-order valence-electron chi connectivity index (χ3n) is 1.67. The molecule has 1 aromatic carbocycles. The van der Waals surface area contributed by atoms with Gasteiger partial charge < -0.3 is 10.2 Å². The number of hydrogen-bond donors (Lipinski definition) is 2. The highest BCUT2D eigenvalue weighted by Gasteiger charge is 2.07. The molecule has 0 aliphatic carbocycles. The fourth-order valence-corrected chi connectivity index (χ4v) is 1.94. The van der Waals surface area contributed by atoms with Gasteiger partial charge >= 0.3 is 0 Å². The van der Waals surface area contributed by atoms with Crippen molar-refractivity contribution in [3.63, 3.8) is 0 Å². The molecule has 1 rings (SSSR count). The Bertz CT molecular complexity index is 271. The Kier molecular flexibility index (Phi) is 4.19. The lowest BCUT2D eigenvalue weighted by Crippen LogP contribution is -1.99. The molecule has 0 saturated carbocycles. The highest BCUT2D eigenvalue weighted by molar-refractivity contribution is 9.10. The fourth-order valence-electron chi connectivity index (χ4n) is 1.06. The standard InChI is InChI=1S/C9H10BrClO2/c10-7-3-6(4-8(11)5-7)9(13)1-2-12/h3-5,9,12-13H,1-2H2. The van der Waals surface area contributed by atoms with Crippen LogP contribution in [0.3, 0.4) is 0 Å². The summed E-state index contributed by atoms with van der Waals surface area (Å²) in [5.41, 5.74) is 0.716. The average Bonchev–Trinajstić information content (AvgIpc) is 2.03. The lowest BCUT2D eigenvalue weighted by Gasteiger charge is -2.09. The molecular formula is C9H10BrClO2. The van der Waals surface area contributed by atoms with Crippen molar-refractivity contribution in [3.8, 4) is 0 Å². The maximum Gasteiger partial charge on any atom is 0.0812 e. The van der Waals surface area contributed by atoms with Gasteiger partial charge in [-0.05, 0) is 23.8 Å². The maximum atomic E-state index is 9.53. The first kappa shape index (κ1) is 11.0. The SMILES string of the molecule is OCCC(O)c1cc(Cl)cc(Br)c1. The van der Waals surface area contributed by atoms with Crippen molar-refractivity contribution < 1.29 is 10.2 Å². The highest BCUT2D eigenvalue weighted by Crippen LogP contribution is 2.25. The summed E-state index contributed by atoms with van der Waals surface area (Å²) in [6.07, 6.45) is -0.327. The van der Waals surface area contributed by atoms with Crippen molar-refractivity contribution in [3.05, 3.63) is 33.3 Å². The summed E-state index contributed by atoms with van der Waals surface area (Å²) in [5, 5.41) is 18.7. The normalized spacial score (nSPS) is 12.9. The van der Waals surface area contributed by atoms with Crippen LogP contribution in [0.2, 0.25) is 5.02 Å². The highest BCUT2D eigenvalue weighted by atomic mass is 79.9. The van der Waals surface area contributed by atoms with E-state index < -0.39 is 6.10 Å². The van der Waals surface area contributed by atoms with E-state index in [9.17, 15) is 5.11 Å². The second kappa shape index (κ2) is 4.96. The lowest BCUT2D eigenvalue weighted by atomic mass is 10.1. The van der Waals surface area contributed by atoms with Crippen LogP contribution in [0.1, 0.15) is 18.1 Å². The van der Waals surface area contributed by atoms with Gasteiger partial charge in [0.2, 0.25) is 0 Å². The van der Waals surface area contributed by atoms with Crippen LogP contribution in [-0.4, -0.2) is 16.8 Å². The summed E-state index contributed by atoms with van der Waals surface area (Å²) in [5.74, 6) is 0. The molecule has 0 heterocycles. The monoisotopic (exact) mass is 264 g/mol. The molecule has 4 heteroatoms. The number of hydrogen-bond acceptors (Lipinski definition) is 2. The van der Waals surface area contributed by atoms with Crippen LogP contribution in [-0.2, 0) is 0 Å². The first-order valence-electron chi connectivity index (χ1n) is 3.88. The van der Waals surface area contributed by atoms with Crippen molar-refractivity contribution in [2.24, 2.45) is 0 Å². The van der Waals surface area contributed by atoms with Gasteiger partial charge in [0.1, 0.15) is 0 Å². The van der Waals surface area contributed by atoms with Gasteiger partial charge in [-0.1, -0.05) is 27.5 Å². The summed E-state index contributed by atoms with van der Waals surface area (Å²) in [4.78, 5) is 0. The molecule has 0 aliphatic heterocycles. The van der Waals surface area contributed by atoms with E-state index in [0.29, 0.717) is 17.0 Å². The van der Waals surface area contributed by atoms with Crippen LogP contribution in [0.5, 0.6) is 0 Å². The zero-order chi connectivity index (χ0) is 9.84. The average molecular weight is 266 g/mol. The van der Waals surface area contributed by atoms with E-state index in [1.807, 2.05) is 0 Å². The predicted octanol–water partition coefficient (Wildman–Crippen LogP) is 2.52. The van der Waals surface area contributed by atoms with E-state index >= 15 is 0 Å². The summed E-state index contributed by atoms with van der Waals surface area (Å²) in [6.45, 7) is -0.0364. The minimum atomic E-state index is -0.653. The zero-order valence-electron chi connectivity index (χ0n) is 6.87. The first-order chi connectivity index (χ1) is 6.13. The third kappa shape index (κ3) is 3.27. The van der Waals surface area contributed by atoms with E-state index in [4.69, 9.17) is 16.7 Å². The topological polar surface area (TPSA) is 40.5 Å². The molecule has 0 radical (unpaired) electrons. The second-order valence-corrected chi connectivity index (χ2v) is 4.08. The van der Waals surface area contributed by atoms with Crippen LogP contribution >= 0.6 is 27.5 Å². The van der Waals surface area contributed by atoms with Gasteiger partial charge in [-0.25, -0.2) is 0 Å². The Morgan fingerprint density at radius 1 is 1.38 bits per heavy atom. The van der Waals surface area contributed by atoms with Gasteiger partial charge in [0.15, 0.2) is 0 Å². The van der Waals surface area contributed by atoms with Gasteiger partial charge in [0, 0.05) is 22.5 Å². The maximum absolute atomic E-state index is 9.53. The minimum Gasteiger partial charge on any atom is -0.396 e. The first-order valence-corrected chi connectivity index (χ1v) is 5.05. The van der Waals surface area contributed by atoms with Crippen molar-refractivity contribution in [1.82, 2.24) is 0 Å². The van der Waals surface area contributed by atoms with E-state index in [0.717, 1.165) is 4.47 Å². The van der Waals surface area contributed by atoms with Crippen molar-refractivity contribution >= 4 is 27.5 Å². The van der Waals surface area contributed by atoms with E-state index in [1.54, 1.807) is 18.2 Å². The van der Waals surface area contributed by atoms with Crippen LogP contribution < -0.4 is 0 Å². The zero-order valence-corrected chi connectivity index (χ0v) is 9.22. The molecule has 0 amide bonds. The Balaban J connectivity index is 2.87. The molecule has 0 aromatic heterocycles. The molecule has 0 spiro atoms. The molecule has 72 valence electrons. The summed E-state index contributed by atoms with van der Waals surface area (Å²) >= 11 is 9.07. The summed E-state index contributed by atoms with van der Waals surface area (Å²) < 4.78 is 0.826. The Labute approximate surface area is 90.3 Å². The van der Waals surface area contributed by atoms with Crippen LogP contribution in [0.15, 0.2) is 22.7 Å². The Morgan fingerprint density at radius 3 is 2.62 bits per heavy atom. The van der Waals surface area contributed by atoms with E-state index in [1.165, 1.54) is 0 Å². The van der Waals surface area contributed by atoms with Crippen LogP contribution in [0.4, 0.5) is 0 Å². The van der Waals surface area contributed by atoms with Crippen molar-refractivity contribution in [1.29, 1.82) is 0 Å². The molecule has 1 aromatic rings. The van der Waals surface area contributed by atoms with Gasteiger partial charge in [-0.2, -0.15) is 0 Å². The third-order valence-corrected chi connectivity index (χ3v) is 2.35. The molecule has 1 unspecified atom stereocenters. The second-order valence-electron chi connectivity index (χ2n) is 2.73.